The zero-order chi connectivity index (χ0) is 15.1. The first kappa shape index (κ1) is 15.6. The minimum absolute atomic E-state index is 0.0766. The summed E-state index contributed by atoms with van der Waals surface area (Å²) in [6, 6.07) is 5.53. The number of carbonyl (C=O) groups excluding carboxylic acids is 1. The lowest BCUT2D eigenvalue weighted by atomic mass is 10.1. The molecule has 0 spiro atoms. The fraction of sp³-hybridized carbons (Fsp3) is 0.400. The fourth-order valence-electron chi connectivity index (χ4n) is 1.87. The van der Waals surface area contributed by atoms with Crippen molar-refractivity contribution in [3.63, 3.8) is 0 Å². The molecular formula is C15H20N4OS. The summed E-state index contributed by atoms with van der Waals surface area (Å²) in [6.07, 6.45) is 4.78. The molecule has 0 aromatic carbocycles. The van der Waals surface area contributed by atoms with Crippen molar-refractivity contribution >= 4 is 17.2 Å². The highest BCUT2D eigenvalue weighted by Gasteiger charge is 2.14. The van der Waals surface area contributed by atoms with Gasteiger partial charge in [-0.1, -0.05) is 25.8 Å². The van der Waals surface area contributed by atoms with Crippen LogP contribution in [-0.4, -0.2) is 15.9 Å². The third-order valence-corrected chi connectivity index (χ3v) is 4.07. The van der Waals surface area contributed by atoms with E-state index in [-0.39, 0.29) is 11.9 Å². The second-order valence-electron chi connectivity index (χ2n) is 4.82. The highest BCUT2D eigenvalue weighted by molar-refractivity contribution is 7.09. The molecular weight excluding hydrogens is 284 g/mol. The van der Waals surface area contributed by atoms with Gasteiger partial charge in [0, 0.05) is 11.6 Å². The molecule has 2 rings (SSSR count). The second kappa shape index (κ2) is 7.85. The first-order valence-electron chi connectivity index (χ1n) is 7.09. The lowest BCUT2D eigenvalue weighted by Gasteiger charge is -2.06. The number of unbranched alkanes of at least 4 members (excludes halogenated alkanes) is 1. The zero-order valence-electron chi connectivity index (χ0n) is 12.1. The van der Waals surface area contributed by atoms with E-state index in [0.717, 1.165) is 30.0 Å². The van der Waals surface area contributed by atoms with Gasteiger partial charge in [-0.3, -0.25) is 9.78 Å². The molecule has 2 aromatic rings. The quantitative estimate of drug-likeness (QED) is 0.824. The van der Waals surface area contributed by atoms with Crippen LogP contribution in [0.5, 0.6) is 0 Å². The Morgan fingerprint density at radius 3 is 3.05 bits per heavy atom. The number of rotatable bonds is 7. The van der Waals surface area contributed by atoms with Gasteiger partial charge in [0.15, 0.2) is 0 Å². The van der Waals surface area contributed by atoms with Gasteiger partial charge in [0.05, 0.1) is 18.3 Å². The van der Waals surface area contributed by atoms with Gasteiger partial charge in [-0.25, -0.2) is 4.98 Å². The molecule has 1 atom stereocenters. The maximum atomic E-state index is 12.0. The number of pyridine rings is 1. The molecule has 1 amide bonds. The van der Waals surface area contributed by atoms with E-state index in [2.05, 4.69) is 22.2 Å². The summed E-state index contributed by atoms with van der Waals surface area (Å²) in [4.78, 5) is 20.5. The molecule has 5 nitrogen and oxygen atoms in total. The lowest BCUT2D eigenvalue weighted by Crippen LogP contribution is -2.23. The van der Waals surface area contributed by atoms with Crippen LogP contribution in [0.25, 0.3) is 0 Å². The van der Waals surface area contributed by atoms with Crippen molar-refractivity contribution in [2.75, 3.05) is 0 Å². The number of thiazole rings is 1. The molecule has 3 N–H and O–H groups in total. The van der Waals surface area contributed by atoms with E-state index in [9.17, 15) is 4.79 Å². The number of carbonyl (C=O) groups is 1. The van der Waals surface area contributed by atoms with Crippen LogP contribution < -0.4 is 11.1 Å². The minimum Gasteiger partial charge on any atom is -0.345 e. The van der Waals surface area contributed by atoms with Crippen LogP contribution in [0.2, 0.25) is 0 Å². The van der Waals surface area contributed by atoms with Gasteiger partial charge in [-0.2, -0.15) is 0 Å². The number of nitrogens with zero attached hydrogens (tertiary/aromatic N) is 2. The normalized spacial score (nSPS) is 12.1. The number of hydrogen-bond acceptors (Lipinski definition) is 5. The topological polar surface area (TPSA) is 80.9 Å². The van der Waals surface area contributed by atoms with Gasteiger partial charge in [0.25, 0.3) is 5.91 Å². The van der Waals surface area contributed by atoms with Crippen LogP contribution in [0.4, 0.5) is 0 Å². The highest BCUT2D eigenvalue weighted by Crippen LogP contribution is 2.20. The number of nitrogens with one attached hydrogen (secondary N) is 1. The molecule has 6 heteroatoms. The zero-order valence-corrected chi connectivity index (χ0v) is 12.9. The fourth-order valence-corrected chi connectivity index (χ4v) is 2.71. The molecule has 0 radical (unpaired) electrons. The van der Waals surface area contributed by atoms with Gasteiger partial charge in [0.1, 0.15) is 10.7 Å². The van der Waals surface area contributed by atoms with Crippen molar-refractivity contribution in [3.05, 3.63) is 46.2 Å². The van der Waals surface area contributed by atoms with E-state index in [1.54, 1.807) is 11.6 Å². The van der Waals surface area contributed by atoms with Crippen LogP contribution in [0.1, 0.15) is 53.4 Å². The van der Waals surface area contributed by atoms with Gasteiger partial charge >= 0.3 is 0 Å². The Bertz CT molecular complexity index is 570. The Morgan fingerprint density at radius 2 is 2.33 bits per heavy atom. The number of aromatic nitrogens is 2. The van der Waals surface area contributed by atoms with E-state index in [1.807, 2.05) is 18.2 Å². The maximum Gasteiger partial charge on any atom is 0.271 e. The smallest absolute Gasteiger partial charge is 0.271 e. The van der Waals surface area contributed by atoms with E-state index >= 15 is 0 Å². The maximum absolute atomic E-state index is 12.0. The SMILES string of the molecule is CCCCC(N)c1nc(C(=O)NCc2ccccn2)cs1. The first-order chi connectivity index (χ1) is 10.2. The van der Waals surface area contributed by atoms with E-state index in [4.69, 9.17) is 5.73 Å². The number of amides is 1. The Kier molecular flexibility index (Phi) is 5.83. The van der Waals surface area contributed by atoms with Crippen LogP contribution in [-0.2, 0) is 6.54 Å². The second-order valence-corrected chi connectivity index (χ2v) is 5.71. The van der Waals surface area contributed by atoms with Crippen molar-refractivity contribution in [1.29, 1.82) is 0 Å². The third-order valence-electron chi connectivity index (χ3n) is 3.10. The minimum atomic E-state index is -0.189. The first-order valence-corrected chi connectivity index (χ1v) is 7.97. The summed E-state index contributed by atoms with van der Waals surface area (Å²) in [5, 5.41) is 5.40. The Hall–Kier alpha value is -1.79. The van der Waals surface area contributed by atoms with Crippen LogP contribution in [0.3, 0.4) is 0 Å². The van der Waals surface area contributed by atoms with Crippen molar-refractivity contribution < 1.29 is 4.79 Å². The van der Waals surface area contributed by atoms with Crippen molar-refractivity contribution in [1.82, 2.24) is 15.3 Å². The molecule has 2 aromatic heterocycles. The molecule has 1 unspecified atom stereocenters. The average Bonchev–Trinajstić information content (AvgIpc) is 3.01. The Labute approximate surface area is 128 Å². The third kappa shape index (κ3) is 4.61. The summed E-state index contributed by atoms with van der Waals surface area (Å²) in [5.41, 5.74) is 7.31. The van der Waals surface area contributed by atoms with Crippen molar-refractivity contribution in [3.8, 4) is 0 Å². The van der Waals surface area contributed by atoms with Crippen LogP contribution in [0, 0.1) is 0 Å². The standard InChI is InChI=1S/C15H20N4OS/c1-2-3-7-12(16)15-19-13(10-21-15)14(20)18-9-11-6-4-5-8-17-11/h4-6,8,10,12H,2-3,7,9,16H2,1H3,(H,18,20). The predicted molar refractivity (Wildman–Crippen MR) is 84.0 cm³/mol. The largest absolute Gasteiger partial charge is 0.345 e. The molecule has 0 fully saturated rings. The molecule has 112 valence electrons. The van der Waals surface area contributed by atoms with E-state index in [0.29, 0.717) is 12.2 Å². The Morgan fingerprint density at radius 1 is 1.48 bits per heavy atom. The molecule has 0 aliphatic heterocycles. The molecule has 21 heavy (non-hydrogen) atoms. The van der Waals surface area contributed by atoms with Crippen molar-refractivity contribution in [2.45, 2.75) is 38.8 Å². The lowest BCUT2D eigenvalue weighted by molar-refractivity contribution is 0.0946. The Balaban J connectivity index is 1.90. The summed E-state index contributed by atoms with van der Waals surface area (Å²) in [5.74, 6) is -0.189. The van der Waals surface area contributed by atoms with Crippen molar-refractivity contribution in [2.24, 2.45) is 5.73 Å². The summed E-state index contributed by atoms with van der Waals surface area (Å²) in [6.45, 7) is 2.53. The highest BCUT2D eigenvalue weighted by atomic mass is 32.1. The molecule has 0 aliphatic carbocycles. The summed E-state index contributed by atoms with van der Waals surface area (Å²) < 4.78 is 0. The summed E-state index contributed by atoms with van der Waals surface area (Å²) in [7, 11) is 0. The van der Waals surface area contributed by atoms with Gasteiger partial charge in [-0.05, 0) is 18.6 Å². The predicted octanol–water partition coefficient (Wildman–Crippen LogP) is 2.66. The number of hydrogen-bond donors (Lipinski definition) is 2. The molecule has 0 saturated carbocycles. The molecule has 0 aliphatic rings. The van der Waals surface area contributed by atoms with E-state index < -0.39 is 0 Å². The van der Waals surface area contributed by atoms with Crippen LogP contribution >= 0.6 is 11.3 Å². The molecule has 2 heterocycles. The van der Waals surface area contributed by atoms with Gasteiger partial charge in [-0.15, -0.1) is 11.3 Å². The summed E-state index contributed by atoms with van der Waals surface area (Å²) >= 11 is 1.45. The number of nitrogens with two attached hydrogens (primary N) is 1. The van der Waals surface area contributed by atoms with Crippen LogP contribution in [0.15, 0.2) is 29.8 Å². The average molecular weight is 304 g/mol. The van der Waals surface area contributed by atoms with Gasteiger partial charge in [0.2, 0.25) is 0 Å². The monoisotopic (exact) mass is 304 g/mol. The van der Waals surface area contributed by atoms with E-state index in [1.165, 1.54) is 11.3 Å². The van der Waals surface area contributed by atoms with Gasteiger partial charge < -0.3 is 11.1 Å². The molecule has 0 bridgehead atoms. The molecule has 0 saturated heterocycles.